The molecule has 1 N–H and O–H groups in total. The second-order valence-corrected chi connectivity index (χ2v) is 6.64. The molecule has 0 saturated heterocycles. The summed E-state index contributed by atoms with van der Waals surface area (Å²) < 4.78 is 6.06. The van der Waals surface area contributed by atoms with Gasteiger partial charge < -0.3 is 10.1 Å². The summed E-state index contributed by atoms with van der Waals surface area (Å²) in [4.78, 5) is 0. The standard InChI is InChI=1S/C18H15Cl2NOS/c1-21-10-13-3-2-12(14-6-7-23-11-14)8-18(13)22-15-4-5-16(19)17(20)9-15/h2-9,11,21H,10H2,1H3. The normalized spacial score (nSPS) is 10.7. The van der Waals surface area contributed by atoms with Gasteiger partial charge in [0.05, 0.1) is 10.0 Å². The third-order valence-electron chi connectivity index (χ3n) is 3.41. The van der Waals surface area contributed by atoms with Crippen LogP contribution in [0.1, 0.15) is 5.56 Å². The molecule has 5 heteroatoms. The summed E-state index contributed by atoms with van der Waals surface area (Å²) in [6.45, 7) is 0.723. The molecule has 0 amide bonds. The van der Waals surface area contributed by atoms with E-state index in [1.807, 2.05) is 13.1 Å². The largest absolute Gasteiger partial charge is 0.457 e. The molecule has 3 rings (SSSR count). The van der Waals surface area contributed by atoms with Crippen LogP contribution in [0.4, 0.5) is 0 Å². The van der Waals surface area contributed by atoms with E-state index in [0.29, 0.717) is 15.8 Å². The van der Waals surface area contributed by atoms with Gasteiger partial charge in [0.25, 0.3) is 0 Å². The molecule has 0 spiro atoms. The Kier molecular flexibility index (Phi) is 5.23. The zero-order valence-corrected chi connectivity index (χ0v) is 14.8. The molecule has 0 fully saturated rings. The van der Waals surface area contributed by atoms with Gasteiger partial charge in [0, 0.05) is 18.2 Å². The number of ether oxygens (including phenoxy) is 1. The first-order valence-corrected chi connectivity index (χ1v) is 8.80. The van der Waals surface area contributed by atoms with Crippen LogP contribution in [-0.2, 0) is 6.54 Å². The van der Waals surface area contributed by atoms with E-state index in [9.17, 15) is 0 Å². The van der Waals surface area contributed by atoms with Crippen molar-refractivity contribution in [1.82, 2.24) is 5.32 Å². The number of benzene rings is 2. The first kappa shape index (κ1) is 16.3. The van der Waals surface area contributed by atoms with E-state index >= 15 is 0 Å². The number of nitrogens with one attached hydrogen (secondary N) is 1. The first-order chi connectivity index (χ1) is 11.2. The Morgan fingerprint density at radius 3 is 2.57 bits per heavy atom. The summed E-state index contributed by atoms with van der Waals surface area (Å²) in [6.07, 6.45) is 0. The molecule has 1 aromatic heterocycles. The molecule has 0 aliphatic rings. The van der Waals surface area contributed by atoms with Crippen LogP contribution in [-0.4, -0.2) is 7.05 Å². The molecule has 0 saturated carbocycles. The number of hydrogen-bond acceptors (Lipinski definition) is 3. The van der Waals surface area contributed by atoms with Crippen molar-refractivity contribution in [2.45, 2.75) is 6.54 Å². The number of halogens is 2. The predicted molar refractivity (Wildman–Crippen MR) is 99.1 cm³/mol. The summed E-state index contributed by atoms with van der Waals surface area (Å²) in [5.74, 6) is 1.47. The third kappa shape index (κ3) is 3.88. The molecular formula is C18H15Cl2NOS. The molecule has 2 nitrogen and oxygen atoms in total. The zero-order chi connectivity index (χ0) is 16.2. The van der Waals surface area contributed by atoms with Gasteiger partial charge in [0.1, 0.15) is 11.5 Å². The van der Waals surface area contributed by atoms with Crippen molar-refractivity contribution < 1.29 is 4.74 Å². The van der Waals surface area contributed by atoms with Crippen LogP contribution in [0.25, 0.3) is 11.1 Å². The monoisotopic (exact) mass is 363 g/mol. The van der Waals surface area contributed by atoms with Gasteiger partial charge in [-0.2, -0.15) is 11.3 Å². The minimum absolute atomic E-state index is 0.480. The topological polar surface area (TPSA) is 21.3 Å². The highest BCUT2D eigenvalue weighted by atomic mass is 35.5. The van der Waals surface area contributed by atoms with Gasteiger partial charge in [0.2, 0.25) is 0 Å². The van der Waals surface area contributed by atoms with Gasteiger partial charge in [-0.15, -0.1) is 0 Å². The third-order valence-corrected chi connectivity index (χ3v) is 4.83. The van der Waals surface area contributed by atoms with E-state index in [0.717, 1.165) is 23.4 Å². The molecule has 0 bridgehead atoms. The lowest BCUT2D eigenvalue weighted by atomic mass is 10.1. The summed E-state index contributed by atoms with van der Waals surface area (Å²) in [6, 6.07) is 13.6. The van der Waals surface area contributed by atoms with Gasteiger partial charge in [-0.05, 0) is 53.2 Å². The maximum atomic E-state index is 6.07. The van der Waals surface area contributed by atoms with Crippen LogP contribution in [0.2, 0.25) is 10.0 Å². The second kappa shape index (κ2) is 7.37. The first-order valence-electron chi connectivity index (χ1n) is 7.10. The van der Waals surface area contributed by atoms with Crippen molar-refractivity contribution >= 4 is 34.5 Å². The van der Waals surface area contributed by atoms with Gasteiger partial charge in [-0.25, -0.2) is 0 Å². The van der Waals surface area contributed by atoms with Crippen LogP contribution in [0.5, 0.6) is 11.5 Å². The average molecular weight is 364 g/mol. The van der Waals surface area contributed by atoms with E-state index in [2.05, 4.69) is 40.3 Å². The van der Waals surface area contributed by atoms with Crippen LogP contribution in [0.15, 0.2) is 53.2 Å². The van der Waals surface area contributed by atoms with E-state index in [1.165, 1.54) is 5.56 Å². The minimum Gasteiger partial charge on any atom is -0.457 e. The minimum atomic E-state index is 0.480. The Morgan fingerprint density at radius 2 is 1.87 bits per heavy atom. The van der Waals surface area contributed by atoms with Crippen LogP contribution < -0.4 is 10.1 Å². The predicted octanol–water partition coefficient (Wildman–Crippen LogP) is 6.23. The van der Waals surface area contributed by atoms with Gasteiger partial charge in [-0.3, -0.25) is 0 Å². The van der Waals surface area contributed by atoms with Gasteiger partial charge in [-0.1, -0.05) is 35.3 Å². The zero-order valence-electron chi connectivity index (χ0n) is 12.5. The summed E-state index contributed by atoms with van der Waals surface area (Å²) in [5, 5.41) is 8.34. The lowest BCUT2D eigenvalue weighted by Crippen LogP contribution is -2.06. The van der Waals surface area contributed by atoms with Crippen LogP contribution >= 0.6 is 34.5 Å². The van der Waals surface area contributed by atoms with E-state index in [-0.39, 0.29) is 0 Å². The molecule has 1 heterocycles. The Balaban J connectivity index is 1.97. The van der Waals surface area contributed by atoms with Crippen LogP contribution in [0, 0.1) is 0 Å². The van der Waals surface area contributed by atoms with Crippen molar-refractivity contribution in [2.75, 3.05) is 7.05 Å². The fourth-order valence-electron chi connectivity index (χ4n) is 2.26. The summed E-state index contributed by atoms with van der Waals surface area (Å²) >= 11 is 13.7. The maximum absolute atomic E-state index is 6.07. The second-order valence-electron chi connectivity index (χ2n) is 5.04. The summed E-state index contributed by atoms with van der Waals surface area (Å²) in [7, 11) is 1.91. The van der Waals surface area contributed by atoms with E-state index in [1.54, 1.807) is 23.5 Å². The molecule has 2 aromatic carbocycles. The molecule has 118 valence electrons. The molecule has 0 radical (unpaired) electrons. The van der Waals surface area contributed by atoms with Crippen molar-refractivity contribution in [1.29, 1.82) is 0 Å². The van der Waals surface area contributed by atoms with Crippen molar-refractivity contribution in [2.24, 2.45) is 0 Å². The highest BCUT2D eigenvalue weighted by Crippen LogP contribution is 2.34. The highest BCUT2D eigenvalue weighted by Gasteiger charge is 2.09. The van der Waals surface area contributed by atoms with Gasteiger partial charge in [0.15, 0.2) is 0 Å². The lowest BCUT2D eigenvalue weighted by Gasteiger charge is -2.13. The molecule has 0 unspecified atom stereocenters. The molecule has 23 heavy (non-hydrogen) atoms. The SMILES string of the molecule is CNCc1ccc(-c2ccsc2)cc1Oc1ccc(Cl)c(Cl)c1. The molecule has 0 atom stereocenters. The Morgan fingerprint density at radius 1 is 1.00 bits per heavy atom. The average Bonchev–Trinajstić information content (AvgIpc) is 3.07. The summed E-state index contributed by atoms with van der Waals surface area (Å²) in [5.41, 5.74) is 3.39. The van der Waals surface area contributed by atoms with Crippen molar-refractivity contribution in [3.63, 3.8) is 0 Å². The van der Waals surface area contributed by atoms with Gasteiger partial charge >= 0.3 is 0 Å². The molecular weight excluding hydrogens is 349 g/mol. The quantitative estimate of drug-likeness (QED) is 0.579. The van der Waals surface area contributed by atoms with E-state index < -0.39 is 0 Å². The molecule has 3 aromatic rings. The van der Waals surface area contributed by atoms with Crippen molar-refractivity contribution in [3.8, 4) is 22.6 Å². The Bertz CT molecular complexity index is 803. The molecule has 0 aliphatic heterocycles. The maximum Gasteiger partial charge on any atom is 0.132 e. The lowest BCUT2D eigenvalue weighted by molar-refractivity contribution is 0.474. The smallest absolute Gasteiger partial charge is 0.132 e. The van der Waals surface area contributed by atoms with Crippen molar-refractivity contribution in [3.05, 3.63) is 68.8 Å². The Hall–Kier alpha value is -1.52. The van der Waals surface area contributed by atoms with Crippen LogP contribution in [0.3, 0.4) is 0 Å². The fourth-order valence-corrected chi connectivity index (χ4v) is 3.21. The number of rotatable bonds is 5. The number of thiophene rings is 1. The highest BCUT2D eigenvalue weighted by molar-refractivity contribution is 7.08. The molecule has 0 aliphatic carbocycles. The fraction of sp³-hybridized carbons (Fsp3) is 0.111. The van der Waals surface area contributed by atoms with E-state index in [4.69, 9.17) is 27.9 Å². The Labute approximate surface area is 149 Å². The number of hydrogen-bond donors (Lipinski definition) is 1.